The van der Waals surface area contributed by atoms with Crippen molar-refractivity contribution in [2.45, 2.75) is 25.9 Å². The average Bonchev–Trinajstić information content (AvgIpc) is 3.13. The summed E-state index contributed by atoms with van der Waals surface area (Å²) in [7, 11) is 0. The van der Waals surface area contributed by atoms with Crippen molar-refractivity contribution in [3.05, 3.63) is 90.6 Å². The quantitative estimate of drug-likeness (QED) is 0.142. The van der Waals surface area contributed by atoms with E-state index in [1.165, 1.54) is 17.0 Å². The Morgan fingerprint density at radius 1 is 0.811 bits per heavy atom. The minimum atomic E-state index is -1.25. The zero-order valence-electron chi connectivity index (χ0n) is 19.3. The van der Waals surface area contributed by atoms with E-state index < -0.39 is 35.6 Å². The molecule has 11 heteroatoms. The van der Waals surface area contributed by atoms with Crippen LogP contribution >= 0.6 is 46.4 Å². The number of nitrogens with zero attached hydrogens (tertiary/aromatic N) is 2. The summed E-state index contributed by atoms with van der Waals surface area (Å²) in [4.78, 5) is 42.8. The molecule has 0 radical (unpaired) electrons. The van der Waals surface area contributed by atoms with Gasteiger partial charge in [-0.2, -0.15) is 0 Å². The molecule has 0 unspecified atom stereocenters. The van der Waals surface area contributed by atoms with Crippen LogP contribution in [0.15, 0.2) is 42.5 Å². The van der Waals surface area contributed by atoms with Gasteiger partial charge in [0.15, 0.2) is 0 Å². The van der Waals surface area contributed by atoms with E-state index in [-0.39, 0.29) is 31.2 Å². The molecule has 2 heterocycles. The molecule has 0 spiro atoms. The van der Waals surface area contributed by atoms with Gasteiger partial charge in [0.2, 0.25) is 0 Å². The number of aryl methyl sites for hydroxylation is 1. The smallest absolute Gasteiger partial charge is 0.264 e. The van der Waals surface area contributed by atoms with Crippen LogP contribution in [0, 0.1) is 12.7 Å². The van der Waals surface area contributed by atoms with Crippen LogP contribution in [0.3, 0.4) is 0 Å². The zero-order valence-corrected chi connectivity index (χ0v) is 22.3. The molecule has 0 saturated carbocycles. The summed E-state index contributed by atoms with van der Waals surface area (Å²) in [6, 6.07) is 8.87. The van der Waals surface area contributed by atoms with E-state index in [0.29, 0.717) is 29.2 Å². The Bertz CT molecular complexity index is 1450. The van der Waals surface area contributed by atoms with Crippen molar-refractivity contribution in [1.29, 1.82) is 0 Å². The second-order valence-electron chi connectivity index (χ2n) is 8.52. The number of fused-ring (bicyclic) bond motifs is 1. The number of hydrogen-bond donors (Lipinski definition) is 0. The second-order valence-corrected chi connectivity index (χ2v) is 10.0. The third-order valence-corrected chi connectivity index (χ3v) is 8.24. The molecule has 3 amide bonds. The van der Waals surface area contributed by atoms with Crippen LogP contribution in [0.5, 0.6) is 5.75 Å². The summed E-state index contributed by atoms with van der Waals surface area (Å²) in [5, 5.41) is -0.798. The molecule has 3 aromatic carbocycles. The summed E-state index contributed by atoms with van der Waals surface area (Å²) in [5.74, 6) is -2.16. The maximum atomic E-state index is 14.2. The van der Waals surface area contributed by atoms with E-state index in [2.05, 4.69) is 0 Å². The van der Waals surface area contributed by atoms with Crippen molar-refractivity contribution in [3.63, 3.8) is 0 Å². The Kier molecular flexibility index (Phi) is 6.61. The number of anilines is 1. The van der Waals surface area contributed by atoms with Crippen LogP contribution in [-0.4, -0.2) is 35.3 Å². The standard InChI is InChI=1S/C26H17Cl4FN2O4/c1-3-37-14-8-5-12(6-9-14)22-23(26(36)32(22)15-10-13(31)7-4-11(15)2)33-24(34)16-17(25(33)35)19(28)21(30)20(29)18(16)27/h4-10,22-23H,3H2,1-2H3/t22-,23-/m1/s1. The number of hydrogen-bond acceptors (Lipinski definition) is 4. The van der Waals surface area contributed by atoms with Crippen LogP contribution in [0.25, 0.3) is 0 Å². The summed E-state index contributed by atoms with van der Waals surface area (Å²) >= 11 is 24.8. The zero-order chi connectivity index (χ0) is 26.8. The van der Waals surface area contributed by atoms with E-state index in [1.54, 1.807) is 37.3 Å². The third-order valence-electron chi connectivity index (χ3n) is 6.44. The maximum Gasteiger partial charge on any atom is 0.264 e. The van der Waals surface area contributed by atoms with Crippen molar-refractivity contribution < 1.29 is 23.5 Å². The van der Waals surface area contributed by atoms with Crippen LogP contribution < -0.4 is 9.64 Å². The lowest BCUT2D eigenvalue weighted by atomic mass is 9.85. The number of rotatable bonds is 5. The summed E-state index contributed by atoms with van der Waals surface area (Å²) < 4.78 is 19.7. The Labute approximate surface area is 231 Å². The summed E-state index contributed by atoms with van der Waals surface area (Å²) in [6.45, 7) is 4.04. The fourth-order valence-corrected chi connectivity index (χ4v) is 5.73. The Morgan fingerprint density at radius 3 is 1.92 bits per heavy atom. The fourth-order valence-electron chi connectivity index (χ4n) is 4.71. The highest BCUT2D eigenvalue weighted by Gasteiger charge is 2.58. The lowest BCUT2D eigenvalue weighted by molar-refractivity contribution is -0.130. The van der Waals surface area contributed by atoms with E-state index in [4.69, 9.17) is 51.1 Å². The molecule has 3 aromatic rings. The second kappa shape index (κ2) is 9.48. The molecule has 6 nitrogen and oxygen atoms in total. The van der Waals surface area contributed by atoms with Gasteiger partial charge in [-0.1, -0.05) is 64.6 Å². The lowest BCUT2D eigenvalue weighted by Crippen LogP contribution is -2.67. The van der Waals surface area contributed by atoms with E-state index in [1.807, 2.05) is 6.92 Å². The number of imide groups is 1. The van der Waals surface area contributed by atoms with Crippen molar-refractivity contribution in [1.82, 2.24) is 4.90 Å². The molecule has 0 N–H and O–H groups in total. The van der Waals surface area contributed by atoms with Crippen LogP contribution in [-0.2, 0) is 4.79 Å². The highest BCUT2D eigenvalue weighted by Crippen LogP contribution is 2.49. The highest BCUT2D eigenvalue weighted by molar-refractivity contribution is 6.55. The monoisotopic (exact) mass is 580 g/mol. The first-order valence-electron chi connectivity index (χ1n) is 11.1. The maximum absolute atomic E-state index is 14.2. The van der Waals surface area contributed by atoms with Crippen molar-refractivity contribution in [2.75, 3.05) is 11.5 Å². The van der Waals surface area contributed by atoms with Crippen LogP contribution in [0.4, 0.5) is 10.1 Å². The fraction of sp³-hybridized carbons (Fsp3) is 0.192. The molecule has 0 aliphatic carbocycles. The van der Waals surface area contributed by atoms with E-state index in [0.717, 1.165) is 4.90 Å². The predicted molar refractivity (Wildman–Crippen MR) is 140 cm³/mol. The number of β-lactam (4-membered cyclic amide) rings is 1. The Balaban J connectivity index is 1.63. The summed E-state index contributed by atoms with van der Waals surface area (Å²) in [5.41, 5.74) is 1.12. The van der Waals surface area contributed by atoms with Gasteiger partial charge in [-0.3, -0.25) is 19.3 Å². The number of amides is 3. The van der Waals surface area contributed by atoms with E-state index >= 15 is 0 Å². The third kappa shape index (κ3) is 3.87. The van der Waals surface area contributed by atoms with Gasteiger partial charge in [0.1, 0.15) is 17.6 Å². The average molecular weight is 582 g/mol. The van der Waals surface area contributed by atoms with Gasteiger partial charge in [-0.25, -0.2) is 4.39 Å². The number of carbonyl (C=O) groups excluding carboxylic acids is 3. The first kappa shape index (κ1) is 25.8. The minimum Gasteiger partial charge on any atom is -0.494 e. The van der Waals surface area contributed by atoms with Gasteiger partial charge in [-0.15, -0.1) is 0 Å². The predicted octanol–water partition coefficient (Wildman–Crippen LogP) is 6.90. The number of ether oxygens (including phenoxy) is 1. The Hall–Kier alpha value is -2.84. The van der Waals surface area contributed by atoms with Crippen LogP contribution in [0.1, 0.15) is 44.8 Å². The number of carbonyl (C=O) groups is 3. The molecule has 0 aromatic heterocycles. The molecule has 5 rings (SSSR count). The number of halogens is 5. The van der Waals surface area contributed by atoms with Crippen LogP contribution in [0.2, 0.25) is 20.1 Å². The molecule has 190 valence electrons. The van der Waals surface area contributed by atoms with E-state index in [9.17, 15) is 18.8 Å². The Morgan fingerprint density at radius 2 is 1.38 bits per heavy atom. The summed E-state index contributed by atoms with van der Waals surface area (Å²) in [6.07, 6.45) is 0. The highest BCUT2D eigenvalue weighted by atomic mass is 35.5. The van der Waals surface area contributed by atoms with Gasteiger partial charge in [0.05, 0.1) is 49.6 Å². The SMILES string of the molecule is CCOc1ccc([C@@H]2[C@@H](N3C(=O)c4c(Cl)c(Cl)c(Cl)c(Cl)c4C3=O)C(=O)N2c2cc(F)ccc2C)cc1. The molecule has 1 fully saturated rings. The van der Waals surface area contributed by atoms with Crippen molar-refractivity contribution in [3.8, 4) is 5.75 Å². The topological polar surface area (TPSA) is 66.9 Å². The molecule has 2 aliphatic rings. The molecule has 37 heavy (non-hydrogen) atoms. The molecule has 1 saturated heterocycles. The van der Waals surface area contributed by atoms with Gasteiger partial charge in [0.25, 0.3) is 17.7 Å². The van der Waals surface area contributed by atoms with Crippen molar-refractivity contribution >= 4 is 69.8 Å². The van der Waals surface area contributed by atoms with Gasteiger partial charge in [0, 0.05) is 0 Å². The lowest BCUT2D eigenvalue weighted by Gasteiger charge is -2.50. The first-order chi connectivity index (χ1) is 17.6. The first-order valence-corrected chi connectivity index (χ1v) is 12.6. The largest absolute Gasteiger partial charge is 0.494 e. The van der Waals surface area contributed by atoms with Crippen molar-refractivity contribution in [2.24, 2.45) is 0 Å². The number of benzene rings is 3. The molecule has 0 bridgehead atoms. The molecule has 2 aliphatic heterocycles. The van der Waals surface area contributed by atoms with Gasteiger partial charge < -0.3 is 9.64 Å². The minimum absolute atomic E-state index is 0.171. The van der Waals surface area contributed by atoms with Gasteiger partial charge >= 0.3 is 0 Å². The molecule has 2 atom stereocenters. The normalized spacial score (nSPS) is 18.8. The molecular formula is C26H17Cl4FN2O4. The van der Waals surface area contributed by atoms with Gasteiger partial charge in [-0.05, 0) is 49.2 Å². The molecular weight excluding hydrogens is 565 g/mol.